The SMILES string of the molecule is O=C(O)C1=CCCC2(C1)OCCO2. The lowest BCUT2D eigenvalue weighted by molar-refractivity contribution is -0.166. The van der Waals surface area contributed by atoms with Gasteiger partial charge in [-0.1, -0.05) is 6.08 Å². The predicted octanol–water partition coefficient (Wildman–Crippen LogP) is 0.924. The van der Waals surface area contributed by atoms with Crippen LogP contribution in [-0.4, -0.2) is 30.1 Å². The van der Waals surface area contributed by atoms with Gasteiger partial charge in [-0.3, -0.25) is 0 Å². The average Bonchev–Trinajstić information content (AvgIpc) is 2.53. The van der Waals surface area contributed by atoms with Crippen molar-refractivity contribution < 1.29 is 19.4 Å². The van der Waals surface area contributed by atoms with Crippen molar-refractivity contribution in [3.05, 3.63) is 11.6 Å². The molecule has 1 aliphatic carbocycles. The van der Waals surface area contributed by atoms with Gasteiger partial charge in [0, 0.05) is 18.4 Å². The Hall–Kier alpha value is -0.870. The number of carbonyl (C=O) groups is 1. The maximum atomic E-state index is 10.7. The minimum atomic E-state index is -0.863. The van der Waals surface area contributed by atoms with E-state index in [1.54, 1.807) is 6.08 Å². The van der Waals surface area contributed by atoms with Gasteiger partial charge in [-0.25, -0.2) is 4.79 Å². The Balaban J connectivity index is 2.11. The number of allylic oxidation sites excluding steroid dienone is 1. The molecule has 1 saturated heterocycles. The number of ether oxygens (including phenoxy) is 2. The van der Waals surface area contributed by atoms with Crippen LogP contribution >= 0.6 is 0 Å². The Morgan fingerprint density at radius 2 is 2.15 bits per heavy atom. The van der Waals surface area contributed by atoms with Crippen molar-refractivity contribution in [1.82, 2.24) is 0 Å². The van der Waals surface area contributed by atoms with Crippen molar-refractivity contribution >= 4 is 5.97 Å². The van der Waals surface area contributed by atoms with Crippen molar-refractivity contribution in [2.45, 2.75) is 25.0 Å². The molecule has 13 heavy (non-hydrogen) atoms. The Kier molecular flexibility index (Phi) is 2.09. The summed E-state index contributed by atoms with van der Waals surface area (Å²) in [7, 11) is 0. The monoisotopic (exact) mass is 184 g/mol. The van der Waals surface area contributed by atoms with E-state index in [9.17, 15) is 4.79 Å². The fraction of sp³-hybridized carbons (Fsp3) is 0.667. The van der Waals surface area contributed by atoms with Crippen LogP contribution in [0.1, 0.15) is 19.3 Å². The molecule has 0 amide bonds. The Bertz CT molecular complexity index is 250. The van der Waals surface area contributed by atoms with Gasteiger partial charge in [0.25, 0.3) is 0 Å². The van der Waals surface area contributed by atoms with Gasteiger partial charge in [0.15, 0.2) is 5.79 Å². The molecule has 2 rings (SSSR count). The normalized spacial score (nSPS) is 26.0. The number of aliphatic carboxylic acids is 1. The molecule has 0 aromatic rings. The maximum Gasteiger partial charge on any atom is 0.331 e. The Morgan fingerprint density at radius 3 is 2.77 bits per heavy atom. The van der Waals surface area contributed by atoms with E-state index < -0.39 is 11.8 Å². The minimum Gasteiger partial charge on any atom is -0.478 e. The molecule has 0 aromatic carbocycles. The number of carboxylic acids is 1. The zero-order valence-electron chi connectivity index (χ0n) is 7.28. The van der Waals surface area contributed by atoms with E-state index in [4.69, 9.17) is 14.6 Å². The van der Waals surface area contributed by atoms with Gasteiger partial charge in [0.2, 0.25) is 0 Å². The third-order valence-electron chi connectivity index (χ3n) is 2.46. The molecule has 1 fully saturated rings. The summed E-state index contributed by atoms with van der Waals surface area (Å²) in [6.07, 6.45) is 3.62. The van der Waals surface area contributed by atoms with Crippen LogP contribution in [0.15, 0.2) is 11.6 Å². The molecular weight excluding hydrogens is 172 g/mol. The highest BCUT2D eigenvalue weighted by Gasteiger charge is 2.39. The summed E-state index contributed by atoms with van der Waals surface area (Å²) in [6.45, 7) is 1.15. The molecule has 72 valence electrons. The molecule has 1 heterocycles. The number of rotatable bonds is 1. The first kappa shape index (κ1) is 8.72. The van der Waals surface area contributed by atoms with Crippen LogP contribution in [-0.2, 0) is 14.3 Å². The van der Waals surface area contributed by atoms with Crippen molar-refractivity contribution in [3.63, 3.8) is 0 Å². The lowest BCUT2D eigenvalue weighted by atomic mass is 9.93. The maximum absolute atomic E-state index is 10.7. The highest BCUT2D eigenvalue weighted by Crippen LogP contribution is 2.35. The molecule has 1 aliphatic heterocycles. The standard InChI is InChI=1S/C9H12O4/c10-8(11)7-2-1-3-9(6-7)12-4-5-13-9/h2H,1,3-6H2,(H,10,11). The summed E-state index contributed by atoms with van der Waals surface area (Å²) in [4.78, 5) is 10.7. The lowest BCUT2D eigenvalue weighted by Crippen LogP contribution is -2.34. The van der Waals surface area contributed by atoms with E-state index in [0.717, 1.165) is 12.8 Å². The summed E-state index contributed by atoms with van der Waals surface area (Å²) in [5.41, 5.74) is 0.410. The third-order valence-corrected chi connectivity index (χ3v) is 2.46. The van der Waals surface area contributed by atoms with Gasteiger partial charge in [0.05, 0.1) is 13.2 Å². The van der Waals surface area contributed by atoms with Crippen molar-refractivity contribution in [1.29, 1.82) is 0 Å². The minimum absolute atomic E-state index is 0.377. The first-order valence-corrected chi connectivity index (χ1v) is 4.42. The lowest BCUT2D eigenvalue weighted by Gasteiger charge is -2.30. The molecule has 0 radical (unpaired) electrons. The van der Waals surface area contributed by atoms with Crippen LogP contribution in [0.25, 0.3) is 0 Å². The van der Waals surface area contributed by atoms with Crippen molar-refractivity contribution in [3.8, 4) is 0 Å². The fourth-order valence-corrected chi connectivity index (χ4v) is 1.82. The Labute approximate surface area is 76.1 Å². The molecule has 0 aromatic heterocycles. The summed E-state index contributed by atoms with van der Waals surface area (Å²) in [6, 6.07) is 0. The van der Waals surface area contributed by atoms with E-state index in [0.29, 0.717) is 25.2 Å². The average molecular weight is 184 g/mol. The molecule has 0 unspecified atom stereocenters. The second-order valence-corrected chi connectivity index (χ2v) is 3.36. The van der Waals surface area contributed by atoms with E-state index in [2.05, 4.69) is 0 Å². The quantitative estimate of drug-likeness (QED) is 0.658. The molecule has 4 nitrogen and oxygen atoms in total. The summed E-state index contributed by atoms with van der Waals surface area (Å²) in [5.74, 6) is -1.49. The van der Waals surface area contributed by atoms with Crippen LogP contribution in [0.2, 0.25) is 0 Å². The molecule has 0 atom stereocenters. The molecule has 0 saturated carbocycles. The van der Waals surface area contributed by atoms with Crippen LogP contribution < -0.4 is 0 Å². The second kappa shape index (κ2) is 3.12. The molecule has 1 spiro atoms. The van der Waals surface area contributed by atoms with Crippen LogP contribution in [0.5, 0.6) is 0 Å². The molecule has 0 bridgehead atoms. The van der Waals surface area contributed by atoms with Crippen molar-refractivity contribution in [2.24, 2.45) is 0 Å². The van der Waals surface area contributed by atoms with Gasteiger partial charge >= 0.3 is 5.97 Å². The van der Waals surface area contributed by atoms with Crippen molar-refractivity contribution in [2.75, 3.05) is 13.2 Å². The number of hydrogen-bond acceptors (Lipinski definition) is 3. The molecular formula is C9H12O4. The van der Waals surface area contributed by atoms with E-state index in [1.165, 1.54) is 0 Å². The van der Waals surface area contributed by atoms with Gasteiger partial charge in [-0.2, -0.15) is 0 Å². The fourth-order valence-electron chi connectivity index (χ4n) is 1.82. The van der Waals surface area contributed by atoms with Crippen LogP contribution in [0, 0.1) is 0 Å². The molecule has 1 N–H and O–H groups in total. The van der Waals surface area contributed by atoms with Gasteiger partial charge in [-0.15, -0.1) is 0 Å². The summed E-state index contributed by atoms with van der Waals surface area (Å²) in [5, 5.41) is 8.80. The van der Waals surface area contributed by atoms with Crippen LogP contribution in [0.4, 0.5) is 0 Å². The van der Waals surface area contributed by atoms with Gasteiger partial charge in [0.1, 0.15) is 0 Å². The summed E-state index contributed by atoms with van der Waals surface area (Å²) >= 11 is 0. The van der Waals surface area contributed by atoms with E-state index in [-0.39, 0.29) is 0 Å². The zero-order chi connectivity index (χ0) is 9.31. The summed E-state index contributed by atoms with van der Waals surface area (Å²) < 4.78 is 10.9. The highest BCUT2D eigenvalue weighted by molar-refractivity contribution is 5.86. The zero-order valence-corrected chi connectivity index (χ0v) is 7.28. The van der Waals surface area contributed by atoms with Crippen LogP contribution in [0.3, 0.4) is 0 Å². The first-order valence-electron chi connectivity index (χ1n) is 4.42. The highest BCUT2D eigenvalue weighted by atomic mass is 16.7. The smallest absolute Gasteiger partial charge is 0.331 e. The molecule has 2 aliphatic rings. The predicted molar refractivity (Wildman–Crippen MR) is 44.2 cm³/mol. The third kappa shape index (κ3) is 1.59. The first-order chi connectivity index (χ1) is 6.22. The molecule has 4 heteroatoms. The van der Waals surface area contributed by atoms with E-state index >= 15 is 0 Å². The largest absolute Gasteiger partial charge is 0.478 e. The Morgan fingerprint density at radius 1 is 1.46 bits per heavy atom. The number of hydrogen-bond donors (Lipinski definition) is 1. The second-order valence-electron chi connectivity index (χ2n) is 3.36. The van der Waals surface area contributed by atoms with Gasteiger partial charge in [-0.05, 0) is 6.42 Å². The topological polar surface area (TPSA) is 55.8 Å². The number of carboxylic acid groups (broad SMARTS) is 1. The van der Waals surface area contributed by atoms with Gasteiger partial charge < -0.3 is 14.6 Å². The van der Waals surface area contributed by atoms with E-state index in [1.807, 2.05) is 0 Å².